The first-order chi connectivity index (χ1) is 11.7. The van der Waals surface area contributed by atoms with Crippen molar-refractivity contribution in [2.45, 2.75) is 10.1 Å². The summed E-state index contributed by atoms with van der Waals surface area (Å²) in [5.74, 6) is 1.33. The van der Waals surface area contributed by atoms with E-state index in [0.29, 0.717) is 17.1 Å². The largest absolute Gasteiger partial charge is 0.497 e. The standard InChI is InChI=1S/C18H13NO3S2/c1-21-12-6-7-13-11(8-17(20)22-15(13)9-12)10-23-18-19-14-4-2-3-5-16(14)24-18/h2-9H,10H2,1H3. The molecule has 2 heterocycles. The lowest BCUT2D eigenvalue weighted by atomic mass is 10.1. The first-order valence-corrected chi connectivity index (χ1v) is 9.12. The fourth-order valence-electron chi connectivity index (χ4n) is 2.51. The number of thiazole rings is 1. The Bertz CT molecular complexity index is 1050. The number of methoxy groups -OCH3 is 1. The molecule has 0 spiro atoms. The van der Waals surface area contributed by atoms with E-state index in [1.54, 1.807) is 42.3 Å². The number of ether oxygens (including phenoxy) is 1. The summed E-state index contributed by atoms with van der Waals surface area (Å²) in [6.45, 7) is 0. The van der Waals surface area contributed by atoms with Gasteiger partial charge in [0.2, 0.25) is 0 Å². The molecule has 0 aliphatic rings. The predicted molar refractivity (Wildman–Crippen MR) is 98.2 cm³/mol. The van der Waals surface area contributed by atoms with E-state index in [4.69, 9.17) is 9.15 Å². The average molecular weight is 355 g/mol. The Labute approximate surface area is 146 Å². The molecular weight excluding hydrogens is 342 g/mol. The van der Waals surface area contributed by atoms with Gasteiger partial charge in [-0.05, 0) is 29.8 Å². The van der Waals surface area contributed by atoms with Crippen LogP contribution in [0.1, 0.15) is 5.56 Å². The third kappa shape index (κ3) is 2.90. The molecule has 0 bridgehead atoms. The van der Waals surface area contributed by atoms with Crippen LogP contribution in [0.5, 0.6) is 5.75 Å². The lowest BCUT2D eigenvalue weighted by Crippen LogP contribution is -2.00. The van der Waals surface area contributed by atoms with Gasteiger partial charge in [-0.2, -0.15) is 0 Å². The maximum Gasteiger partial charge on any atom is 0.336 e. The molecule has 0 saturated carbocycles. The van der Waals surface area contributed by atoms with Crippen LogP contribution in [0, 0.1) is 0 Å². The summed E-state index contributed by atoms with van der Waals surface area (Å²) in [7, 11) is 1.59. The minimum Gasteiger partial charge on any atom is -0.497 e. The van der Waals surface area contributed by atoms with E-state index >= 15 is 0 Å². The molecule has 0 N–H and O–H groups in total. The number of nitrogens with zero attached hydrogens (tertiary/aromatic N) is 1. The summed E-state index contributed by atoms with van der Waals surface area (Å²) in [5, 5.41) is 0.920. The van der Waals surface area contributed by atoms with Gasteiger partial charge in [-0.1, -0.05) is 23.9 Å². The zero-order valence-corrected chi connectivity index (χ0v) is 14.4. The highest BCUT2D eigenvalue weighted by Gasteiger charge is 2.09. The summed E-state index contributed by atoms with van der Waals surface area (Å²) in [5.41, 5.74) is 2.14. The van der Waals surface area contributed by atoms with E-state index in [9.17, 15) is 4.79 Å². The molecule has 0 unspecified atom stereocenters. The van der Waals surface area contributed by atoms with E-state index in [-0.39, 0.29) is 5.63 Å². The minimum absolute atomic E-state index is 0.351. The first-order valence-electron chi connectivity index (χ1n) is 7.32. The molecule has 4 nitrogen and oxygen atoms in total. The van der Waals surface area contributed by atoms with Crippen LogP contribution >= 0.6 is 23.1 Å². The number of hydrogen-bond acceptors (Lipinski definition) is 6. The van der Waals surface area contributed by atoms with Gasteiger partial charge < -0.3 is 9.15 Å². The second kappa shape index (κ2) is 6.30. The molecule has 2 aromatic heterocycles. The zero-order valence-electron chi connectivity index (χ0n) is 12.8. The molecule has 0 radical (unpaired) electrons. The molecule has 0 amide bonds. The van der Waals surface area contributed by atoms with Gasteiger partial charge in [-0.25, -0.2) is 9.78 Å². The number of aromatic nitrogens is 1. The topological polar surface area (TPSA) is 52.3 Å². The summed E-state index contributed by atoms with van der Waals surface area (Å²) in [6.07, 6.45) is 0. The Morgan fingerprint density at radius 3 is 2.92 bits per heavy atom. The lowest BCUT2D eigenvalue weighted by Gasteiger charge is -2.06. The van der Waals surface area contributed by atoms with E-state index in [2.05, 4.69) is 11.1 Å². The Hall–Kier alpha value is -2.31. The Morgan fingerprint density at radius 2 is 2.08 bits per heavy atom. The van der Waals surface area contributed by atoms with Gasteiger partial charge in [0.05, 0.1) is 17.3 Å². The fourth-order valence-corrected chi connectivity index (χ4v) is 4.57. The van der Waals surface area contributed by atoms with Gasteiger partial charge in [0.25, 0.3) is 0 Å². The van der Waals surface area contributed by atoms with E-state index in [0.717, 1.165) is 20.8 Å². The summed E-state index contributed by atoms with van der Waals surface area (Å²) in [6, 6.07) is 15.2. The third-order valence-electron chi connectivity index (χ3n) is 3.66. The molecule has 6 heteroatoms. The Balaban J connectivity index is 1.67. The second-order valence-electron chi connectivity index (χ2n) is 5.19. The number of fused-ring (bicyclic) bond motifs is 2. The van der Waals surface area contributed by atoms with Crippen LogP contribution in [0.4, 0.5) is 0 Å². The van der Waals surface area contributed by atoms with Crippen molar-refractivity contribution in [3.8, 4) is 5.75 Å². The molecule has 4 rings (SSSR count). The van der Waals surface area contributed by atoms with Crippen LogP contribution in [0.2, 0.25) is 0 Å². The van der Waals surface area contributed by atoms with Gasteiger partial charge in [0.15, 0.2) is 4.34 Å². The van der Waals surface area contributed by atoms with Crippen molar-refractivity contribution in [1.82, 2.24) is 4.98 Å². The molecule has 4 aromatic rings. The monoisotopic (exact) mass is 355 g/mol. The Kier molecular flexibility index (Phi) is 4.00. The normalized spacial score (nSPS) is 11.2. The third-order valence-corrected chi connectivity index (χ3v) is 5.89. The van der Waals surface area contributed by atoms with Crippen LogP contribution in [0.3, 0.4) is 0 Å². The predicted octanol–water partition coefficient (Wildman–Crippen LogP) is 4.70. The van der Waals surface area contributed by atoms with Crippen molar-refractivity contribution in [2.24, 2.45) is 0 Å². The van der Waals surface area contributed by atoms with Crippen molar-refractivity contribution < 1.29 is 9.15 Å². The number of benzene rings is 2. The van der Waals surface area contributed by atoms with Crippen molar-refractivity contribution in [1.29, 1.82) is 0 Å². The van der Waals surface area contributed by atoms with Crippen molar-refractivity contribution in [2.75, 3.05) is 7.11 Å². The van der Waals surface area contributed by atoms with Crippen molar-refractivity contribution in [3.05, 3.63) is 64.5 Å². The maximum absolute atomic E-state index is 11.8. The van der Waals surface area contributed by atoms with E-state index in [1.807, 2.05) is 30.3 Å². The van der Waals surface area contributed by atoms with Crippen LogP contribution in [0.15, 0.2) is 62.1 Å². The molecule has 0 aliphatic heterocycles. The summed E-state index contributed by atoms with van der Waals surface area (Å²) in [4.78, 5) is 16.4. The quantitative estimate of drug-likeness (QED) is 0.392. The van der Waals surface area contributed by atoms with Crippen LogP contribution in [-0.2, 0) is 5.75 Å². The second-order valence-corrected chi connectivity index (χ2v) is 7.44. The molecule has 0 fully saturated rings. The first kappa shape index (κ1) is 15.2. The zero-order chi connectivity index (χ0) is 16.5. The van der Waals surface area contributed by atoms with Gasteiger partial charge in [-0.3, -0.25) is 0 Å². The molecule has 0 saturated heterocycles. The highest BCUT2D eigenvalue weighted by molar-refractivity contribution is 8.00. The number of hydrogen-bond donors (Lipinski definition) is 0. The molecule has 2 aromatic carbocycles. The van der Waals surface area contributed by atoms with Crippen LogP contribution in [0.25, 0.3) is 21.2 Å². The van der Waals surface area contributed by atoms with Gasteiger partial charge >= 0.3 is 5.63 Å². The fraction of sp³-hybridized carbons (Fsp3) is 0.111. The summed E-state index contributed by atoms with van der Waals surface area (Å²) >= 11 is 3.29. The molecule has 0 aliphatic carbocycles. The minimum atomic E-state index is -0.351. The highest BCUT2D eigenvalue weighted by atomic mass is 32.2. The smallest absolute Gasteiger partial charge is 0.336 e. The molecule has 0 atom stereocenters. The van der Waals surface area contributed by atoms with Crippen LogP contribution in [-0.4, -0.2) is 12.1 Å². The molecular formula is C18H13NO3S2. The summed E-state index contributed by atoms with van der Waals surface area (Å²) < 4.78 is 12.6. The molecule has 24 heavy (non-hydrogen) atoms. The van der Waals surface area contributed by atoms with E-state index < -0.39 is 0 Å². The van der Waals surface area contributed by atoms with E-state index in [1.165, 1.54) is 4.70 Å². The Morgan fingerprint density at radius 1 is 1.21 bits per heavy atom. The number of para-hydroxylation sites is 1. The van der Waals surface area contributed by atoms with Crippen molar-refractivity contribution in [3.63, 3.8) is 0 Å². The SMILES string of the molecule is COc1ccc2c(CSc3nc4ccccc4s3)cc(=O)oc2c1. The van der Waals surface area contributed by atoms with Gasteiger partial charge in [0.1, 0.15) is 11.3 Å². The number of thioether (sulfide) groups is 1. The number of rotatable bonds is 4. The van der Waals surface area contributed by atoms with Gasteiger partial charge in [-0.15, -0.1) is 11.3 Å². The van der Waals surface area contributed by atoms with Gasteiger partial charge in [0, 0.05) is 23.3 Å². The van der Waals surface area contributed by atoms with Crippen molar-refractivity contribution >= 4 is 44.3 Å². The van der Waals surface area contributed by atoms with Crippen LogP contribution < -0.4 is 10.4 Å². The maximum atomic E-state index is 11.8. The average Bonchev–Trinajstić information content (AvgIpc) is 3.01. The lowest BCUT2D eigenvalue weighted by molar-refractivity contribution is 0.414. The highest BCUT2D eigenvalue weighted by Crippen LogP contribution is 2.33. The molecule has 120 valence electrons.